The first-order valence-corrected chi connectivity index (χ1v) is 7.79. The molecule has 0 saturated heterocycles. The van der Waals surface area contributed by atoms with Crippen molar-refractivity contribution in [2.45, 2.75) is 13.8 Å². The Kier molecular flexibility index (Phi) is 4.84. The number of thiazole rings is 1. The molecule has 0 aliphatic carbocycles. The number of aryl methyl sites for hydroxylation is 1. The molecule has 1 aliphatic heterocycles. The van der Waals surface area contributed by atoms with Crippen molar-refractivity contribution >= 4 is 39.8 Å². The molecule has 7 heteroatoms. The number of nitrogens with zero attached hydrogens (tertiary/aromatic N) is 2. The number of thioether (sulfide) groups is 1. The maximum absolute atomic E-state index is 11.1. The summed E-state index contributed by atoms with van der Waals surface area (Å²) in [5.74, 6) is 0.845. The van der Waals surface area contributed by atoms with Crippen LogP contribution in [-0.2, 0) is 9.53 Å². The second kappa shape index (κ2) is 6.40. The van der Waals surface area contributed by atoms with Crippen LogP contribution in [0.2, 0.25) is 0 Å². The first-order chi connectivity index (χ1) is 9.11. The molecule has 0 aromatic carbocycles. The van der Waals surface area contributed by atoms with E-state index in [-0.39, 0.29) is 5.91 Å². The molecule has 0 radical (unpaired) electrons. The third kappa shape index (κ3) is 3.49. The largest absolute Gasteiger partial charge is 0.383 e. The standard InChI is InChI=1S/C12H17N3O2S2/c1-8-11(19-12(13-8)14-9(2)16)10-6-18-7-15(10)4-5-17-3/h6H,4-5,7H2,1-3H3,(H,13,14,16). The third-order valence-electron chi connectivity index (χ3n) is 2.64. The number of aromatic nitrogens is 1. The summed E-state index contributed by atoms with van der Waals surface area (Å²) in [6, 6.07) is 0. The zero-order chi connectivity index (χ0) is 13.8. The van der Waals surface area contributed by atoms with Crippen LogP contribution in [0.4, 0.5) is 5.13 Å². The highest BCUT2D eigenvalue weighted by Gasteiger charge is 2.21. The number of nitrogens with one attached hydrogen (secondary N) is 1. The minimum absolute atomic E-state index is 0.0914. The van der Waals surface area contributed by atoms with Crippen LogP contribution in [0.25, 0.3) is 5.70 Å². The fraction of sp³-hybridized carbons (Fsp3) is 0.500. The van der Waals surface area contributed by atoms with Gasteiger partial charge in [0.05, 0.1) is 28.8 Å². The summed E-state index contributed by atoms with van der Waals surface area (Å²) >= 11 is 3.28. The monoisotopic (exact) mass is 299 g/mol. The van der Waals surface area contributed by atoms with Gasteiger partial charge in [0, 0.05) is 20.6 Å². The molecule has 2 rings (SSSR count). The van der Waals surface area contributed by atoms with E-state index >= 15 is 0 Å². The Morgan fingerprint density at radius 3 is 3.11 bits per heavy atom. The van der Waals surface area contributed by atoms with Crippen LogP contribution >= 0.6 is 23.1 Å². The van der Waals surface area contributed by atoms with Crippen LogP contribution in [0.15, 0.2) is 5.41 Å². The van der Waals surface area contributed by atoms with Gasteiger partial charge < -0.3 is 15.0 Å². The van der Waals surface area contributed by atoms with Crippen LogP contribution in [-0.4, -0.2) is 41.9 Å². The Morgan fingerprint density at radius 2 is 2.42 bits per heavy atom. The fourth-order valence-electron chi connectivity index (χ4n) is 1.77. The molecule has 1 aromatic heterocycles. The van der Waals surface area contributed by atoms with E-state index in [1.165, 1.54) is 24.0 Å². The lowest BCUT2D eigenvalue weighted by atomic mass is 10.3. The molecule has 1 amide bonds. The lowest BCUT2D eigenvalue weighted by Crippen LogP contribution is -2.22. The summed E-state index contributed by atoms with van der Waals surface area (Å²) < 4.78 is 5.13. The van der Waals surface area contributed by atoms with Gasteiger partial charge in [0.25, 0.3) is 0 Å². The number of rotatable bonds is 5. The Bertz CT molecular complexity index is 499. The van der Waals surface area contributed by atoms with Gasteiger partial charge >= 0.3 is 0 Å². The number of ether oxygens (including phenoxy) is 1. The SMILES string of the molecule is COCCN1CSC=C1c1sc(NC(C)=O)nc1C. The molecule has 5 nitrogen and oxygen atoms in total. The Balaban J connectivity index is 2.16. The average molecular weight is 299 g/mol. The smallest absolute Gasteiger partial charge is 0.223 e. The highest BCUT2D eigenvalue weighted by Crippen LogP contribution is 2.37. The summed E-state index contributed by atoms with van der Waals surface area (Å²) in [4.78, 5) is 18.8. The van der Waals surface area contributed by atoms with Crippen LogP contribution in [0.3, 0.4) is 0 Å². The molecule has 2 heterocycles. The van der Waals surface area contributed by atoms with Gasteiger partial charge in [0.1, 0.15) is 0 Å². The predicted molar refractivity (Wildman–Crippen MR) is 80.2 cm³/mol. The van der Waals surface area contributed by atoms with E-state index in [4.69, 9.17) is 4.74 Å². The molecule has 0 spiro atoms. The Hall–Kier alpha value is -1.05. The molecule has 19 heavy (non-hydrogen) atoms. The van der Waals surface area contributed by atoms with Crippen LogP contribution in [0, 0.1) is 6.92 Å². The lowest BCUT2D eigenvalue weighted by molar-refractivity contribution is -0.114. The predicted octanol–water partition coefficient (Wildman–Crippen LogP) is 2.36. The maximum Gasteiger partial charge on any atom is 0.223 e. The van der Waals surface area contributed by atoms with Crippen molar-refractivity contribution in [2.75, 3.05) is 31.5 Å². The van der Waals surface area contributed by atoms with Crippen molar-refractivity contribution < 1.29 is 9.53 Å². The van der Waals surface area contributed by atoms with E-state index in [9.17, 15) is 4.79 Å². The quantitative estimate of drug-likeness (QED) is 0.904. The molecule has 0 fully saturated rings. The van der Waals surface area contributed by atoms with Crippen molar-refractivity contribution in [3.05, 3.63) is 16.0 Å². The van der Waals surface area contributed by atoms with Crippen molar-refractivity contribution in [1.82, 2.24) is 9.88 Å². The number of hydrogen-bond donors (Lipinski definition) is 1. The molecule has 104 valence electrons. The molecule has 1 aromatic rings. The van der Waals surface area contributed by atoms with Gasteiger partial charge in [-0.1, -0.05) is 11.3 Å². The van der Waals surface area contributed by atoms with Gasteiger partial charge in [-0.2, -0.15) is 0 Å². The van der Waals surface area contributed by atoms with Gasteiger partial charge in [-0.05, 0) is 12.3 Å². The van der Waals surface area contributed by atoms with Crippen molar-refractivity contribution in [1.29, 1.82) is 0 Å². The van der Waals surface area contributed by atoms with E-state index in [1.54, 1.807) is 18.9 Å². The summed E-state index contributed by atoms with van der Waals surface area (Å²) in [6.07, 6.45) is 0. The number of carbonyl (C=O) groups is 1. The van der Waals surface area contributed by atoms with Crippen molar-refractivity contribution in [3.8, 4) is 0 Å². The van der Waals surface area contributed by atoms with Gasteiger partial charge in [0.15, 0.2) is 5.13 Å². The average Bonchev–Trinajstić information content (AvgIpc) is 2.92. The second-order valence-corrected chi connectivity index (χ2v) is 6.00. The van der Waals surface area contributed by atoms with E-state index in [0.29, 0.717) is 11.7 Å². The molecule has 0 atom stereocenters. The number of amides is 1. The molecular weight excluding hydrogens is 282 g/mol. The van der Waals surface area contributed by atoms with Crippen molar-refractivity contribution in [3.63, 3.8) is 0 Å². The topological polar surface area (TPSA) is 54.5 Å². The Morgan fingerprint density at radius 1 is 1.63 bits per heavy atom. The third-order valence-corrected chi connectivity index (χ3v) is 4.59. The summed E-state index contributed by atoms with van der Waals surface area (Å²) in [6.45, 7) is 5.03. The first-order valence-electron chi connectivity index (χ1n) is 5.93. The van der Waals surface area contributed by atoms with Gasteiger partial charge in [-0.25, -0.2) is 4.98 Å². The summed E-state index contributed by atoms with van der Waals surface area (Å²) in [7, 11) is 1.71. The highest BCUT2D eigenvalue weighted by atomic mass is 32.2. The van der Waals surface area contributed by atoms with Crippen LogP contribution in [0.5, 0.6) is 0 Å². The first kappa shape index (κ1) is 14.4. The number of methoxy groups -OCH3 is 1. The molecular formula is C12H17N3O2S2. The second-order valence-electron chi connectivity index (χ2n) is 4.17. The maximum atomic E-state index is 11.1. The number of hydrogen-bond acceptors (Lipinski definition) is 6. The van der Waals surface area contributed by atoms with E-state index in [1.807, 2.05) is 6.92 Å². The highest BCUT2D eigenvalue weighted by molar-refractivity contribution is 8.02. The van der Waals surface area contributed by atoms with Crippen LogP contribution < -0.4 is 5.32 Å². The van der Waals surface area contributed by atoms with E-state index in [2.05, 4.69) is 20.6 Å². The molecule has 1 aliphatic rings. The van der Waals surface area contributed by atoms with Gasteiger partial charge in [-0.15, -0.1) is 11.8 Å². The van der Waals surface area contributed by atoms with Gasteiger partial charge in [-0.3, -0.25) is 4.79 Å². The van der Waals surface area contributed by atoms with E-state index < -0.39 is 0 Å². The zero-order valence-electron chi connectivity index (χ0n) is 11.2. The molecule has 0 saturated carbocycles. The number of carbonyl (C=O) groups excluding carboxylic acids is 1. The van der Waals surface area contributed by atoms with Crippen molar-refractivity contribution in [2.24, 2.45) is 0 Å². The zero-order valence-corrected chi connectivity index (χ0v) is 12.9. The molecule has 1 N–H and O–H groups in total. The fourth-order valence-corrected chi connectivity index (χ4v) is 3.85. The molecule has 0 unspecified atom stereocenters. The number of anilines is 1. The molecule has 0 bridgehead atoms. The normalized spacial score (nSPS) is 14.7. The summed E-state index contributed by atoms with van der Waals surface area (Å²) in [5, 5.41) is 5.54. The summed E-state index contributed by atoms with van der Waals surface area (Å²) in [5.41, 5.74) is 2.12. The van der Waals surface area contributed by atoms with Crippen LogP contribution in [0.1, 0.15) is 17.5 Å². The van der Waals surface area contributed by atoms with Gasteiger partial charge in [0.2, 0.25) is 5.91 Å². The lowest BCUT2D eigenvalue weighted by Gasteiger charge is -2.20. The minimum Gasteiger partial charge on any atom is -0.383 e. The van der Waals surface area contributed by atoms with E-state index in [0.717, 1.165) is 23.0 Å². The minimum atomic E-state index is -0.0914. The Labute approximate surface area is 121 Å².